The first-order chi connectivity index (χ1) is 9.02. The molecule has 0 saturated carbocycles. The van der Waals surface area contributed by atoms with Crippen LogP contribution in [0.3, 0.4) is 0 Å². The van der Waals surface area contributed by atoms with Crippen molar-refractivity contribution in [3.8, 4) is 11.5 Å². The fraction of sp³-hybridized carbons (Fsp3) is 0.0667. The lowest BCUT2D eigenvalue weighted by atomic mass is 9.83. The first-order valence-corrected chi connectivity index (χ1v) is 6.17. The highest BCUT2D eigenvalue weighted by Gasteiger charge is 2.32. The van der Waals surface area contributed by atoms with Gasteiger partial charge in [0.2, 0.25) is 0 Å². The van der Waals surface area contributed by atoms with E-state index in [1.54, 1.807) is 31.2 Å². The zero-order valence-corrected chi connectivity index (χ0v) is 10.9. The SMILES string of the molecule is Cc1cc(O)c2c(c1O)C(=S)c1ccccc1C2=O. The predicted molar refractivity (Wildman–Crippen MR) is 75.2 cm³/mol. The van der Waals surface area contributed by atoms with Gasteiger partial charge in [0.05, 0.1) is 16.0 Å². The molecule has 3 nitrogen and oxygen atoms in total. The van der Waals surface area contributed by atoms with Crippen LogP contribution in [-0.4, -0.2) is 20.9 Å². The van der Waals surface area contributed by atoms with Gasteiger partial charge in [-0.2, -0.15) is 0 Å². The molecule has 94 valence electrons. The average molecular weight is 270 g/mol. The Bertz CT molecular complexity index is 747. The third-order valence-corrected chi connectivity index (χ3v) is 3.76. The quantitative estimate of drug-likeness (QED) is 0.487. The van der Waals surface area contributed by atoms with E-state index in [0.29, 0.717) is 21.6 Å². The van der Waals surface area contributed by atoms with Gasteiger partial charge in [0.1, 0.15) is 11.5 Å². The van der Waals surface area contributed by atoms with E-state index in [-0.39, 0.29) is 28.4 Å². The smallest absolute Gasteiger partial charge is 0.198 e. The van der Waals surface area contributed by atoms with Gasteiger partial charge in [0, 0.05) is 11.1 Å². The first-order valence-electron chi connectivity index (χ1n) is 5.76. The van der Waals surface area contributed by atoms with Gasteiger partial charge in [-0.3, -0.25) is 4.79 Å². The molecular weight excluding hydrogens is 260 g/mol. The van der Waals surface area contributed by atoms with Crippen molar-refractivity contribution in [2.45, 2.75) is 6.92 Å². The topological polar surface area (TPSA) is 57.5 Å². The summed E-state index contributed by atoms with van der Waals surface area (Å²) < 4.78 is 0. The Morgan fingerprint density at radius 1 is 1.05 bits per heavy atom. The first kappa shape index (κ1) is 11.9. The number of fused-ring (bicyclic) bond motifs is 2. The molecule has 0 atom stereocenters. The zero-order chi connectivity index (χ0) is 13.7. The third-order valence-electron chi connectivity index (χ3n) is 3.34. The number of ketones is 1. The Kier molecular flexibility index (Phi) is 2.43. The second-order valence-corrected chi connectivity index (χ2v) is 4.92. The van der Waals surface area contributed by atoms with Gasteiger partial charge >= 0.3 is 0 Å². The number of phenols is 2. The number of phenolic OH excluding ortho intramolecular Hbond substituents is 2. The van der Waals surface area contributed by atoms with Gasteiger partial charge in [0.25, 0.3) is 0 Å². The summed E-state index contributed by atoms with van der Waals surface area (Å²) in [7, 11) is 0. The standard InChI is InChI=1S/C15H10O3S/c1-7-6-10(16)11-12(13(7)17)15(19)9-5-3-2-4-8(9)14(11)18/h2-6,16-17H,1H3. The van der Waals surface area contributed by atoms with Crippen LogP contribution in [-0.2, 0) is 0 Å². The minimum atomic E-state index is -0.313. The lowest BCUT2D eigenvalue weighted by Crippen LogP contribution is -2.20. The second kappa shape index (κ2) is 3.90. The van der Waals surface area contributed by atoms with Crippen LogP contribution in [0.4, 0.5) is 0 Å². The lowest BCUT2D eigenvalue weighted by Gasteiger charge is -2.22. The summed E-state index contributed by atoms with van der Waals surface area (Å²) in [6, 6.07) is 8.33. The van der Waals surface area contributed by atoms with Crippen molar-refractivity contribution >= 4 is 22.9 Å². The van der Waals surface area contributed by atoms with E-state index in [0.717, 1.165) is 0 Å². The molecule has 0 radical (unpaired) electrons. The summed E-state index contributed by atoms with van der Waals surface area (Å²) >= 11 is 5.35. The van der Waals surface area contributed by atoms with Crippen LogP contribution in [0.2, 0.25) is 0 Å². The molecule has 0 unspecified atom stereocenters. The molecular formula is C15H10O3S. The number of rotatable bonds is 0. The Labute approximate surface area is 115 Å². The summed E-state index contributed by atoms with van der Waals surface area (Å²) in [4.78, 5) is 12.8. The van der Waals surface area contributed by atoms with Gasteiger partial charge in [-0.05, 0) is 18.6 Å². The van der Waals surface area contributed by atoms with Crippen molar-refractivity contribution in [2.24, 2.45) is 0 Å². The fourth-order valence-corrected chi connectivity index (χ4v) is 2.77. The summed E-state index contributed by atoms with van der Waals surface area (Å²) in [5.74, 6) is -0.500. The molecule has 4 heteroatoms. The third kappa shape index (κ3) is 1.50. The van der Waals surface area contributed by atoms with E-state index in [1.807, 2.05) is 0 Å². The molecule has 0 amide bonds. The van der Waals surface area contributed by atoms with Crippen LogP contribution in [0.5, 0.6) is 11.5 Å². The number of carbonyl (C=O) groups is 1. The molecule has 0 bridgehead atoms. The lowest BCUT2D eigenvalue weighted by molar-refractivity contribution is 0.103. The molecule has 3 rings (SSSR count). The van der Waals surface area contributed by atoms with Crippen molar-refractivity contribution in [3.63, 3.8) is 0 Å². The van der Waals surface area contributed by atoms with Crippen LogP contribution in [0, 0.1) is 6.92 Å². The van der Waals surface area contributed by atoms with Crippen LogP contribution in [0.1, 0.15) is 32.6 Å². The van der Waals surface area contributed by atoms with Crippen LogP contribution in [0.15, 0.2) is 30.3 Å². The van der Waals surface area contributed by atoms with Gasteiger partial charge in [-0.25, -0.2) is 0 Å². The molecule has 2 N–H and O–H groups in total. The summed E-state index contributed by atoms with van der Waals surface area (Å²) in [6.07, 6.45) is 0. The number of carbonyl (C=O) groups excluding carboxylic acids is 1. The Morgan fingerprint density at radius 3 is 2.37 bits per heavy atom. The molecule has 0 spiro atoms. The van der Waals surface area contributed by atoms with Crippen molar-refractivity contribution < 1.29 is 15.0 Å². The van der Waals surface area contributed by atoms with E-state index in [2.05, 4.69) is 0 Å². The maximum absolute atomic E-state index is 12.4. The van der Waals surface area contributed by atoms with E-state index < -0.39 is 0 Å². The van der Waals surface area contributed by atoms with Gasteiger partial charge in [-0.15, -0.1) is 0 Å². The molecule has 0 fully saturated rings. The van der Waals surface area contributed by atoms with Gasteiger partial charge in [0.15, 0.2) is 5.78 Å². The number of hydrogen-bond donors (Lipinski definition) is 2. The predicted octanol–water partition coefficient (Wildman–Crippen LogP) is 2.72. The molecule has 1 aliphatic carbocycles. The highest BCUT2D eigenvalue weighted by atomic mass is 32.1. The second-order valence-electron chi connectivity index (χ2n) is 4.52. The number of aromatic hydroxyl groups is 2. The highest BCUT2D eigenvalue weighted by molar-refractivity contribution is 7.81. The maximum atomic E-state index is 12.4. The minimum absolute atomic E-state index is 0.0411. The van der Waals surface area contributed by atoms with Crippen LogP contribution >= 0.6 is 12.2 Å². The van der Waals surface area contributed by atoms with Crippen molar-refractivity contribution in [1.29, 1.82) is 0 Å². The highest BCUT2D eigenvalue weighted by Crippen LogP contribution is 2.39. The average Bonchev–Trinajstić information content (AvgIpc) is 2.40. The number of hydrogen-bond acceptors (Lipinski definition) is 4. The summed E-state index contributed by atoms with van der Waals surface area (Å²) in [5, 5.41) is 20.1. The monoisotopic (exact) mass is 270 g/mol. The number of thiocarbonyl (C=S) groups is 1. The maximum Gasteiger partial charge on any atom is 0.198 e. The van der Waals surface area contributed by atoms with E-state index in [1.165, 1.54) is 6.07 Å². The molecule has 19 heavy (non-hydrogen) atoms. The molecule has 0 heterocycles. The van der Waals surface area contributed by atoms with E-state index >= 15 is 0 Å². The van der Waals surface area contributed by atoms with Gasteiger partial charge < -0.3 is 10.2 Å². The Balaban J connectivity index is 2.43. The Hall–Kier alpha value is -2.20. The summed E-state index contributed by atoms with van der Waals surface area (Å²) in [6.45, 7) is 1.66. The zero-order valence-electron chi connectivity index (χ0n) is 10.1. The molecule has 1 aliphatic rings. The number of benzene rings is 2. The largest absolute Gasteiger partial charge is 0.507 e. The van der Waals surface area contributed by atoms with Crippen LogP contribution < -0.4 is 0 Å². The van der Waals surface area contributed by atoms with E-state index in [9.17, 15) is 15.0 Å². The van der Waals surface area contributed by atoms with Gasteiger partial charge in [-0.1, -0.05) is 36.5 Å². The van der Waals surface area contributed by atoms with Crippen LogP contribution in [0.25, 0.3) is 0 Å². The molecule has 2 aromatic rings. The molecule has 0 saturated heterocycles. The summed E-state index contributed by atoms with van der Waals surface area (Å²) in [5.41, 5.74) is 1.92. The number of aryl methyl sites for hydroxylation is 1. The molecule has 2 aromatic carbocycles. The fourth-order valence-electron chi connectivity index (χ4n) is 2.39. The molecule has 0 aromatic heterocycles. The Morgan fingerprint density at radius 2 is 1.68 bits per heavy atom. The van der Waals surface area contributed by atoms with Crippen molar-refractivity contribution in [3.05, 3.63) is 58.1 Å². The minimum Gasteiger partial charge on any atom is -0.507 e. The van der Waals surface area contributed by atoms with E-state index in [4.69, 9.17) is 12.2 Å². The molecule has 0 aliphatic heterocycles. The van der Waals surface area contributed by atoms with Crippen molar-refractivity contribution in [2.75, 3.05) is 0 Å². The van der Waals surface area contributed by atoms with Crippen molar-refractivity contribution in [1.82, 2.24) is 0 Å². The normalized spacial score (nSPS) is 13.1.